The molecule has 1 fully saturated rings. The second-order valence-electron chi connectivity index (χ2n) is 7.74. The smallest absolute Gasteiger partial charge is 0.170 e. The van der Waals surface area contributed by atoms with Crippen molar-refractivity contribution in [3.63, 3.8) is 0 Å². The lowest BCUT2D eigenvalue weighted by Gasteiger charge is -2.27. The summed E-state index contributed by atoms with van der Waals surface area (Å²) >= 11 is 0. The van der Waals surface area contributed by atoms with E-state index in [1.807, 2.05) is 40.7 Å². The quantitative estimate of drug-likeness (QED) is 0.340. The van der Waals surface area contributed by atoms with Crippen LogP contribution in [0.3, 0.4) is 0 Å². The molecule has 2 rings (SSSR count). The van der Waals surface area contributed by atoms with Crippen molar-refractivity contribution in [2.24, 2.45) is 5.92 Å². The SMILES string of the molecule is CC.CC.CC#CN(C)c1cc(CC)c(OCC(C)=O)c(F)c1C.CCC1CCN(C)CC1. The van der Waals surface area contributed by atoms with Crippen LogP contribution in [0.5, 0.6) is 5.75 Å². The number of benzene rings is 1. The molecule has 190 valence electrons. The number of carbonyl (C=O) groups excluding carboxylic acids is 1. The van der Waals surface area contributed by atoms with Crippen molar-refractivity contribution in [3.8, 4) is 17.7 Å². The number of anilines is 1. The Bertz CT molecular complexity index is 730. The number of hydrogen-bond donors (Lipinski definition) is 0. The van der Waals surface area contributed by atoms with Crippen LogP contribution in [0.25, 0.3) is 0 Å². The van der Waals surface area contributed by atoms with Gasteiger partial charge in [0.25, 0.3) is 0 Å². The van der Waals surface area contributed by atoms with Crippen molar-refractivity contribution >= 4 is 11.5 Å². The van der Waals surface area contributed by atoms with Gasteiger partial charge in [-0.05, 0) is 77.7 Å². The number of rotatable bonds is 6. The average molecular weight is 465 g/mol. The molecule has 0 amide bonds. The van der Waals surface area contributed by atoms with E-state index in [2.05, 4.69) is 30.8 Å². The van der Waals surface area contributed by atoms with Crippen LogP contribution in [0.1, 0.15) is 85.8 Å². The fourth-order valence-electron chi connectivity index (χ4n) is 3.40. The number of carbonyl (C=O) groups is 1. The molecule has 1 aromatic carbocycles. The number of Topliss-reactive ketones (excluding diaryl/α,β-unsaturated/α-hetero) is 1. The van der Waals surface area contributed by atoms with Crippen molar-refractivity contribution in [2.45, 2.75) is 88.0 Å². The Labute approximate surface area is 203 Å². The third kappa shape index (κ3) is 12.1. The Hall–Kier alpha value is -2.06. The van der Waals surface area contributed by atoms with E-state index in [-0.39, 0.29) is 18.1 Å². The molecule has 4 nitrogen and oxygen atoms in total. The molecule has 33 heavy (non-hydrogen) atoms. The van der Waals surface area contributed by atoms with Gasteiger partial charge >= 0.3 is 0 Å². The lowest BCUT2D eigenvalue weighted by molar-refractivity contribution is -0.118. The number of aryl methyl sites for hydroxylation is 1. The first-order valence-electron chi connectivity index (χ1n) is 12.5. The second-order valence-corrected chi connectivity index (χ2v) is 7.74. The lowest BCUT2D eigenvalue weighted by Crippen LogP contribution is -2.29. The van der Waals surface area contributed by atoms with Crippen molar-refractivity contribution in [2.75, 3.05) is 38.7 Å². The molecular weight excluding hydrogens is 415 g/mol. The van der Waals surface area contributed by atoms with Gasteiger partial charge in [0.05, 0.1) is 5.69 Å². The number of likely N-dealkylation sites (tertiary alicyclic amines) is 1. The second kappa shape index (κ2) is 19.4. The largest absolute Gasteiger partial charge is 0.482 e. The van der Waals surface area contributed by atoms with E-state index in [0.717, 1.165) is 11.5 Å². The molecule has 0 N–H and O–H groups in total. The summed E-state index contributed by atoms with van der Waals surface area (Å²) in [4.78, 5) is 15.1. The van der Waals surface area contributed by atoms with E-state index in [1.54, 1.807) is 25.8 Å². The summed E-state index contributed by atoms with van der Waals surface area (Å²) in [5, 5.41) is 0. The van der Waals surface area contributed by atoms with Crippen molar-refractivity contribution in [3.05, 3.63) is 23.0 Å². The summed E-state index contributed by atoms with van der Waals surface area (Å²) < 4.78 is 19.8. The van der Waals surface area contributed by atoms with E-state index in [1.165, 1.54) is 39.3 Å². The molecule has 0 atom stereocenters. The fourth-order valence-corrected chi connectivity index (χ4v) is 3.40. The first-order valence-corrected chi connectivity index (χ1v) is 12.5. The molecule has 1 saturated heterocycles. The van der Waals surface area contributed by atoms with Crippen LogP contribution in [0, 0.1) is 30.6 Å². The van der Waals surface area contributed by atoms with Gasteiger partial charge in [-0.15, -0.1) is 0 Å². The van der Waals surface area contributed by atoms with Gasteiger partial charge in [0.2, 0.25) is 0 Å². The van der Waals surface area contributed by atoms with E-state index in [0.29, 0.717) is 17.7 Å². The highest BCUT2D eigenvalue weighted by atomic mass is 19.1. The van der Waals surface area contributed by atoms with E-state index in [9.17, 15) is 9.18 Å². The highest BCUT2D eigenvalue weighted by Crippen LogP contribution is 2.33. The van der Waals surface area contributed by atoms with Crippen molar-refractivity contribution in [1.82, 2.24) is 4.90 Å². The Kier molecular flexibility index (Phi) is 19.5. The molecule has 5 heteroatoms. The average Bonchev–Trinajstić information content (AvgIpc) is 2.83. The Morgan fingerprint density at radius 1 is 1.21 bits per heavy atom. The molecule has 0 unspecified atom stereocenters. The summed E-state index contributed by atoms with van der Waals surface area (Å²) in [6.45, 7) is 19.6. The lowest BCUT2D eigenvalue weighted by atomic mass is 9.95. The van der Waals surface area contributed by atoms with Crippen LogP contribution in [0.2, 0.25) is 0 Å². The molecule has 0 saturated carbocycles. The van der Waals surface area contributed by atoms with Gasteiger partial charge in [0, 0.05) is 18.7 Å². The maximum Gasteiger partial charge on any atom is 0.170 e. The highest BCUT2D eigenvalue weighted by molar-refractivity contribution is 5.77. The third-order valence-corrected chi connectivity index (χ3v) is 5.37. The Morgan fingerprint density at radius 2 is 1.76 bits per heavy atom. The first-order chi connectivity index (χ1) is 15.7. The maximum atomic E-state index is 14.4. The summed E-state index contributed by atoms with van der Waals surface area (Å²) in [5.74, 6) is 3.42. The Balaban J connectivity index is 0. The predicted molar refractivity (Wildman–Crippen MR) is 142 cm³/mol. The van der Waals surface area contributed by atoms with E-state index < -0.39 is 5.82 Å². The van der Waals surface area contributed by atoms with Crippen LogP contribution in [-0.2, 0) is 11.2 Å². The normalized spacial score (nSPS) is 13.0. The van der Waals surface area contributed by atoms with Gasteiger partial charge in [0.1, 0.15) is 6.61 Å². The van der Waals surface area contributed by atoms with Crippen LogP contribution < -0.4 is 9.64 Å². The topological polar surface area (TPSA) is 32.8 Å². The van der Waals surface area contributed by atoms with Crippen LogP contribution >= 0.6 is 0 Å². The summed E-state index contributed by atoms with van der Waals surface area (Å²) in [7, 11) is 4.00. The number of halogens is 1. The van der Waals surface area contributed by atoms with E-state index >= 15 is 0 Å². The van der Waals surface area contributed by atoms with Crippen LogP contribution in [0.15, 0.2) is 6.07 Å². The first kappa shape index (κ1) is 33.1. The number of nitrogens with zero attached hydrogens (tertiary/aromatic N) is 2. The molecule has 1 aliphatic rings. The molecule has 1 aliphatic heterocycles. The van der Waals surface area contributed by atoms with Gasteiger partial charge < -0.3 is 14.5 Å². The van der Waals surface area contributed by atoms with Gasteiger partial charge in [0.15, 0.2) is 17.3 Å². The van der Waals surface area contributed by atoms with Gasteiger partial charge in [-0.3, -0.25) is 4.79 Å². The zero-order chi connectivity index (χ0) is 26.0. The molecule has 1 heterocycles. The standard InChI is InChI=1S/C16H20FNO2.C8H17N.2C2H6/c1-6-8-18(5)14-9-13(7-2)16(15(17)12(14)4)20-10-11(3)19;1-3-8-4-6-9(2)7-5-8;2*1-2/h9H,7,10H2,1-5H3;8H,3-7H2,1-2H3;2*1-2H3. The molecule has 1 aromatic rings. The minimum absolute atomic E-state index is 0.118. The minimum atomic E-state index is -0.426. The molecule has 0 aromatic heterocycles. The van der Waals surface area contributed by atoms with Crippen LogP contribution in [-0.4, -0.2) is 44.5 Å². The zero-order valence-corrected chi connectivity index (χ0v) is 23.2. The fraction of sp³-hybridized carbons (Fsp3) is 0.679. The molecule has 0 radical (unpaired) electrons. The monoisotopic (exact) mass is 464 g/mol. The van der Waals surface area contributed by atoms with Gasteiger partial charge in [-0.25, -0.2) is 4.39 Å². The summed E-state index contributed by atoms with van der Waals surface area (Å²) in [5.41, 5.74) is 1.91. The number of ketones is 1. The molecule has 0 aliphatic carbocycles. The molecule has 0 spiro atoms. The zero-order valence-electron chi connectivity index (χ0n) is 23.2. The predicted octanol–water partition coefficient (Wildman–Crippen LogP) is 6.87. The molecular formula is C28H49FN2O2. The maximum absolute atomic E-state index is 14.4. The number of hydrogen-bond acceptors (Lipinski definition) is 4. The van der Waals surface area contributed by atoms with Gasteiger partial charge in [-0.2, -0.15) is 0 Å². The van der Waals surface area contributed by atoms with E-state index in [4.69, 9.17) is 4.74 Å². The highest BCUT2D eigenvalue weighted by Gasteiger charge is 2.18. The minimum Gasteiger partial charge on any atom is -0.482 e. The number of piperidine rings is 1. The summed E-state index contributed by atoms with van der Waals surface area (Å²) in [6.07, 6.45) is 4.85. The molecule has 0 bridgehead atoms. The van der Waals surface area contributed by atoms with Crippen molar-refractivity contribution in [1.29, 1.82) is 0 Å². The van der Waals surface area contributed by atoms with Crippen molar-refractivity contribution < 1.29 is 13.9 Å². The Morgan fingerprint density at radius 3 is 2.18 bits per heavy atom. The summed E-state index contributed by atoms with van der Waals surface area (Å²) in [6, 6.07) is 4.73. The number of ether oxygens (including phenoxy) is 1. The van der Waals surface area contributed by atoms with Gasteiger partial charge in [-0.1, -0.05) is 53.9 Å². The van der Waals surface area contributed by atoms with Crippen LogP contribution in [0.4, 0.5) is 10.1 Å². The third-order valence-electron chi connectivity index (χ3n) is 5.37.